The number of nitrogens with two attached hydrogens (primary N) is 1. The second kappa shape index (κ2) is 14.6. The van der Waals surface area contributed by atoms with Crippen LogP contribution in [0.25, 0.3) is 0 Å². The monoisotopic (exact) mass is 646 g/mol. The first-order valence-electron chi connectivity index (χ1n) is 15.6. The molecule has 0 bridgehead atoms. The zero-order chi connectivity index (χ0) is 32.8. The Balaban J connectivity index is 1.39. The maximum atomic E-state index is 13.7. The average molecular weight is 647 g/mol. The van der Waals surface area contributed by atoms with Gasteiger partial charge in [0.2, 0.25) is 17.7 Å². The normalized spacial score (nSPS) is 17.3. The van der Waals surface area contributed by atoms with E-state index in [-0.39, 0.29) is 24.3 Å². The summed E-state index contributed by atoms with van der Waals surface area (Å²) in [4.78, 5) is 39.4. The number of fused-ring (bicyclic) bond motifs is 6. The number of hydrogen-bond acceptors (Lipinski definition) is 8. The van der Waals surface area contributed by atoms with E-state index in [4.69, 9.17) is 19.9 Å². The minimum atomic E-state index is -0.886. The van der Waals surface area contributed by atoms with Crippen LogP contribution in [-0.4, -0.2) is 55.0 Å². The topological polar surface area (TPSA) is 141 Å². The first-order valence-corrected chi connectivity index (χ1v) is 17.0. The molecule has 1 unspecified atom stereocenters. The second-order valence-corrected chi connectivity index (χ2v) is 12.9. The van der Waals surface area contributed by atoms with Crippen molar-refractivity contribution in [2.45, 2.75) is 57.9 Å². The van der Waals surface area contributed by atoms with Gasteiger partial charge in [-0.05, 0) is 73.1 Å². The number of carbonyl (C=O) groups excluding carboxylic acids is 3. The number of carbonyl (C=O) groups is 3. The fraction of sp³-hybridized carbons (Fsp3) is 0.400. The van der Waals surface area contributed by atoms with E-state index in [1.807, 2.05) is 56.5 Å². The van der Waals surface area contributed by atoms with Crippen molar-refractivity contribution in [3.63, 3.8) is 0 Å². The van der Waals surface area contributed by atoms with E-state index >= 15 is 0 Å². The molecule has 5 N–H and O–H groups in total. The molecule has 2 aliphatic heterocycles. The van der Waals surface area contributed by atoms with Gasteiger partial charge in [0, 0.05) is 41.2 Å². The molecule has 3 aromatic rings. The van der Waals surface area contributed by atoms with Crippen LogP contribution in [-0.2, 0) is 36.1 Å². The summed E-state index contributed by atoms with van der Waals surface area (Å²) in [6.45, 7) is 6.43. The van der Waals surface area contributed by atoms with Crippen LogP contribution in [0, 0.1) is 5.92 Å². The summed E-state index contributed by atoms with van der Waals surface area (Å²) in [5.74, 6) is 0.736. The molecule has 46 heavy (non-hydrogen) atoms. The fourth-order valence-corrected chi connectivity index (χ4v) is 6.46. The maximum Gasteiger partial charge on any atom is 0.246 e. The molecular formula is C35H42N4O6S. The average Bonchev–Trinajstić information content (AvgIpc) is 3.41. The number of amides is 3. The van der Waals surface area contributed by atoms with Crippen molar-refractivity contribution in [3.05, 3.63) is 82.9 Å². The molecule has 10 nitrogen and oxygen atoms in total. The van der Waals surface area contributed by atoms with Gasteiger partial charge in [-0.25, -0.2) is 0 Å². The van der Waals surface area contributed by atoms with E-state index in [9.17, 15) is 14.4 Å². The second-order valence-electron chi connectivity index (χ2n) is 11.9. The molecule has 1 spiro atoms. The van der Waals surface area contributed by atoms with E-state index in [0.29, 0.717) is 54.7 Å². The van der Waals surface area contributed by atoms with E-state index < -0.39 is 23.6 Å². The van der Waals surface area contributed by atoms with Gasteiger partial charge in [-0.15, -0.1) is 0 Å². The molecule has 0 saturated heterocycles. The Morgan fingerprint density at radius 2 is 1.70 bits per heavy atom. The summed E-state index contributed by atoms with van der Waals surface area (Å²) >= 11 is 1.58. The van der Waals surface area contributed by atoms with Crippen LogP contribution in [0.2, 0.25) is 0 Å². The van der Waals surface area contributed by atoms with E-state index in [1.165, 1.54) is 0 Å². The molecule has 244 valence electrons. The lowest BCUT2D eigenvalue weighted by Crippen LogP contribution is -2.53. The lowest BCUT2D eigenvalue weighted by Gasteiger charge is -2.37. The van der Waals surface area contributed by atoms with Gasteiger partial charge in [0.25, 0.3) is 0 Å². The van der Waals surface area contributed by atoms with Gasteiger partial charge >= 0.3 is 0 Å². The number of rotatable bonds is 13. The van der Waals surface area contributed by atoms with E-state index in [2.05, 4.69) is 28.1 Å². The smallest absolute Gasteiger partial charge is 0.246 e. The molecule has 11 heteroatoms. The van der Waals surface area contributed by atoms with Gasteiger partial charge in [-0.1, -0.05) is 38.1 Å². The molecule has 3 aromatic carbocycles. The molecule has 3 amide bonds. The van der Waals surface area contributed by atoms with Crippen molar-refractivity contribution in [2.75, 3.05) is 36.3 Å². The highest BCUT2D eigenvalue weighted by molar-refractivity contribution is 7.98. The SMILES string of the molecule is CCOCC(=O)N[C@@H](CC(C)C)C(=O)N[C@@H](CCSC)C(=O)Nc1ccc2c(c1)Oc1cc(N)ccc1C21OCc2ccccc21. The predicted molar refractivity (Wildman–Crippen MR) is 180 cm³/mol. The number of nitrogen functional groups attached to an aromatic ring is 1. The van der Waals surface area contributed by atoms with E-state index in [1.54, 1.807) is 30.8 Å². The Hall–Kier alpha value is -4.06. The van der Waals surface area contributed by atoms with Crippen molar-refractivity contribution in [1.82, 2.24) is 10.6 Å². The third-order valence-electron chi connectivity index (χ3n) is 8.11. The van der Waals surface area contributed by atoms with Gasteiger partial charge in [-0.2, -0.15) is 11.8 Å². The number of benzene rings is 3. The van der Waals surface area contributed by atoms with Crippen molar-refractivity contribution in [1.29, 1.82) is 0 Å². The van der Waals surface area contributed by atoms with E-state index in [0.717, 1.165) is 22.3 Å². The van der Waals surface area contributed by atoms with Crippen LogP contribution >= 0.6 is 11.8 Å². The van der Waals surface area contributed by atoms with Crippen molar-refractivity contribution in [3.8, 4) is 11.5 Å². The van der Waals surface area contributed by atoms with Gasteiger partial charge in [0.05, 0.1) is 6.61 Å². The number of nitrogens with one attached hydrogen (secondary N) is 3. The first-order chi connectivity index (χ1) is 22.2. The van der Waals surface area contributed by atoms with Crippen LogP contribution in [0.3, 0.4) is 0 Å². The van der Waals surface area contributed by atoms with Crippen LogP contribution < -0.4 is 26.4 Å². The summed E-state index contributed by atoms with van der Waals surface area (Å²) in [6, 6.07) is 17.6. The number of ether oxygens (including phenoxy) is 3. The molecule has 2 aliphatic rings. The molecule has 0 aliphatic carbocycles. The third kappa shape index (κ3) is 7.01. The minimum Gasteiger partial charge on any atom is -0.456 e. The quantitative estimate of drug-likeness (QED) is 0.192. The highest BCUT2D eigenvalue weighted by atomic mass is 32.2. The molecule has 3 atom stereocenters. The maximum absolute atomic E-state index is 13.7. The standard InChI is InChI=1S/C35H42N4O6S/c1-5-43-20-32(40)38-29(16-21(2)3)34(42)39-28(14-15-46-4)33(41)37-24-11-13-27-31(18-24)45-30-17-23(36)10-12-26(30)35(27)25-9-7-6-8-22(25)19-44-35/h6-13,17-18,21,28-29H,5,14-16,19-20,36H2,1-4H3,(H,37,41)(H,38,40)(H,39,42)/t28-,29-,35?/m0/s1. The molecular weight excluding hydrogens is 604 g/mol. The first kappa shape index (κ1) is 33.3. The van der Waals surface area contributed by atoms with Crippen molar-refractivity contribution < 1.29 is 28.6 Å². The zero-order valence-corrected chi connectivity index (χ0v) is 27.5. The molecule has 0 saturated carbocycles. The van der Waals surface area contributed by atoms with Crippen LogP contribution in [0.5, 0.6) is 11.5 Å². The molecule has 5 rings (SSSR count). The van der Waals surface area contributed by atoms with Gasteiger partial charge < -0.3 is 35.9 Å². The molecule has 0 radical (unpaired) electrons. The minimum absolute atomic E-state index is 0.135. The summed E-state index contributed by atoms with van der Waals surface area (Å²) in [5.41, 5.74) is 10.1. The number of anilines is 2. The highest BCUT2D eigenvalue weighted by Crippen LogP contribution is 2.56. The Morgan fingerprint density at radius 1 is 0.957 bits per heavy atom. The Morgan fingerprint density at radius 3 is 2.43 bits per heavy atom. The lowest BCUT2D eigenvalue weighted by molar-refractivity contribution is -0.133. The van der Waals surface area contributed by atoms with Crippen molar-refractivity contribution >= 4 is 40.9 Å². The third-order valence-corrected chi connectivity index (χ3v) is 8.76. The number of thioether (sulfide) groups is 1. The van der Waals surface area contributed by atoms with Crippen LogP contribution in [0.15, 0.2) is 60.7 Å². The summed E-state index contributed by atoms with van der Waals surface area (Å²) in [7, 11) is 0. The fourth-order valence-electron chi connectivity index (χ4n) is 5.99. The summed E-state index contributed by atoms with van der Waals surface area (Å²) in [5, 5.41) is 8.62. The Labute approximate surface area is 274 Å². The summed E-state index contributed by atoms with van der Waals surface area (Å²) in [6.07, 6.45) is 2.76. The highest BCUT2D eigenvalue weighted by Gasteiger charge is 2.49. The summed E-state index contributed by atoms with van der Waals surface area (Å²) < 4.78 is 18.2. The predicted octanol–water partition coefficient (Wildman–Crippen LogP) is 4.94. The largest absolute Gasteiger partial charge is 0.456 e. The van der Waals surface area contributed by atoms with Gasteiger partial charge in [0.15, 0.2) is 5.60 Å². The van der Waals surface area contributed by atoms with Gasteiger partial charge in [-0.3, -0.25) is 14.4 Å². The molecule has 2 heterocycles. The van der Waals surface area contributed by atoms with Gasteiger partial charge in [0.1, 0.15) is 30.2 Å². The lowest BCUT2D eigenvalue weighted by atomic mass is 9.77. The Kier molecular flexibility index (Phi) is 10.6. The molecule has 0 aromatic heterocycles. The van der Waals surface area contributed by atoms with Crippen molar-refractivity contribution in [2.24, 2.45) is 5.92 Å². The zero-order valence-electron chi connectivity index (χ0n) is 26.7. The number of hydrogen-bond donors (Lipinski definition) is 4. The Bertz CT molecular complexity index is 1600. The van der Waals surface area contributed by atoms with Crippen LogP contribution in [0.4, 0.5) is 11.4 Å². The molecule has 0 fully saturated rings. The van der Waals surface area contributed by atoms with Crippen LogP contribution in [0.1, 0.15) is 55.9 Å².